The van der Waals surface area contributed by atoms with Crippen molar-refractivity contribution in [3.8, 4) is 0 Å². The zero-order valence-electron chi connectivity index (χ0n) is 13.0. The van der Waals surface area contributed by atoms with Gasteiger partial charge in [0.15, 0.2) is 6.23 Å². The molecule has 114 valence electrons. The number of carbonyl (C=O) groups is 1. The Morgan fingerprint density at radius 2 is 1.77 bits per heavy atom. The number of hydrogen-bond acceptors (Lipinski definition) is 2. The van der Waals surface area contributed by atoms with E-state index in [1.807, 2.05) is 66.4 Å². The van der Waals surface area contributed by atoms with E-state index < -0.39 is 0 Å². The van der Waals surface area contributed by atoms with E-state index in [9.17, 15) is 4.79 Å². The number of fused-ring (bicyclic) bond motifs is 1. The molecular weight excluding hydrogens is 274 g/mol. The molecule has 0 fully saturated rings. The maximum Gasteiger partial charge on any atom is 0.256 e. The minimum atomic E-state index is -0.293. The Hall–Kier alpha value is -2.13. The first-order valence-corrected chi connectivity index (χ1v) is 7.80. The highest BCUT2D eigenvalue weighted by atomic mass is 16.5. The van der Waals surface area contributed by atoms with Crippen LogP contribution in [0.15, 0.2) is 54.6 Å². The summed E-state index contributed by atoms with van der Waals surface area (Å²) in [6.45, 7) is 4.70. The minimum absolute atomic E-state index is 0.0488. The van der Waals surface area contributed by atoms with E-state index in [1.54, 1.807) is 0 Å². The molecule has 0 bridgehead atoms. The Balaban J connectivity index is 1.91. The highest BCUT2D eigenvalue weighted by Crippen LogP contribution is 2.36. The molecule has 1 amide bonds. The van der Waals surface area contributed by atoms with Crippen molar-refractivity contribution in [2.75, 3.05) is 0 Å². The van der Waals surface area contributed by atoms with E-state index in [4.69, 9.17) is 4.74 Å². The monoisotopic (exact) mass is 295 g/mol. The molecule has 0 spiro atoms. The molecule has 1 aliphatic heterocycles. The Labute approximate surface area is 131 Å². The first kappa shape index (κ1) is 14.8. The largest absolute Gasteiger partial charge is 0.351 e. The highest BCUT2D eigenvalue weighted by Gasteiger charge is 2.37. The smallest absolute Gasteiger partial charge is 0.256 e. The van der Waals surface area contributed by atoms with Crippen LogP contribution >= 0.6 is 0 Å². The van der Waals surface area contributed by atoms with Crippen LogP contribution in [0.1, 0.15) is 48.0 Å². The molecule has 1 aliphatic rings. The molecular formula is C19H21NO2. The lowest BCUT2D eigenvalue weighted by molar-refractivity contribution is -0.0789. The second kappa shape index (κ2) is 6.32. The second-order valence-electron chi connectivity index (χ2n) is 5.71. The van der Waals surface area contributed by atoms with Crippen molar-refractivity contribution in [3.05, 3.63) is 71.3 Å². The summed E-state index contributed by atoms with van der Waals surface area (Å²) in [5.74, 6) is 0.0488. The van der Waals surface area contributed by atoms with Crippen molar-refractivity contribution < 1.29 is 9.53 Å². The van der Waals surface area contributed by atoms with Crippen LogP contribution in [-0.2, 0) is 11.3 Å². The topological polar surface area (TPSA) is 29.5 Å². The lowest BCUT2D eigenvalue weighted by atomic mass is 10.1. The summed E-state index contributed by atoms with van der Waals surface area (Å²) in [5, 5.41) is 0. The van der Waals surface area contributed by atoms with Crippen molar-refractivity contribution in [3.63, 3.8) is 0 Å². The van der Waals surface area contributed by atoms with Gasteiger partial charge in [0.05, 0.1) is 6.10 Å². The van der Waals surface area contributed by atoms with Gasteiger partial charge in [-0.05, 0) is 25.0 Å². The van der Waals surface area contributed by atoms with Crippen LogP contribution in [0, 0.1) is 0 Å². The number of ether oxygens (including phenoxy) is 1. The van der Waals surface area contributed by atoms with Gasteiger partial charge in [-0.3, -0.25) is 4.79 Å². The lowest BCUT2D eigenvalue weighted by Gasteiger charge is -2.28. The number of amides is 1. The molecule has 22 heavy (non-hydrogen) atoms. The van der Waals surface area contributed by atoms with Gasteiger partial charge in [-0.2, -0.15) is 0 Å². The normalized spacial score (nSPS) is 18.4. The molecule has 0 N–H and O–H groups in total. The molecule has 2 aromatic rings. The van der Waals surface area contributed by atoms with Crippen LogP contribution in [0.4, 0.5) is 0 Å². The van der Waals surface area contributed by atoms with Crippen molar-refractivity contribution in [2.45, 2.75) is 39.1 Å². The molecule has 3 rings (SSSR count). The second-order valence-corrected chi connectivity index (χ2v) is 5.71. The average Bonchev–Trinajstić information content (AvgIpc) is 2.82. The Morgan fingerprint density at radius 1 is 1.09 bits per heavy atom. The Kier molecular flexibility index (Phi) is 4.25. The molecule has 3 nitrogen and oxygen atoms in total. The van der Waals surface area contributed by atoms with E-state index in [0.717, 1.165) is 23.1 Å². The maximum absolute atomic E-state index is 12.7. The number of hydrogen-bond donors (Lipinski definition) is 0. The first-order chi connectivity index (χ1) is 10.7. The number of rotatable bonds is 5. The molecule has 0 aliphatic carbocycles. The summed E-state index contributed by atoms with van der Waals surface area (Å²) in [4.78, 5) is 14.6. The van der Waals surface area contributed by atoms with Crippen molar-refractivity contribution in [1.29, 1.82) is 0 Å². The fraction of sp³-hybridized carbons (Fsp3) is 0.316. The molecule has 3 heteroatoms. The molecule has 2 atom stereocenters. The third-order valence-electron chi connectivity index (χ3n) is 4.13. The van der Waals surface area contributed by atoms with Gasteiger partial charge in [0, 0.05) is 17.7 Å². The first-order valence-electron chi connectivity index (χ1n) is 7.80. The molecule has 0 saturated carbocycles. The summed E-state index contributed by atoms with van der Waals surface area (Å²) >= 11 is 0. The third-order valence-corrected chi connectivity index (χ3v) is 4.13. The van der Waals surface area contributed by atoms with Crippen LogP contribution < -0.4 is 0 Å². The summed E-state index contributed by atoms with van der Waals surface area (Å²) in [6.07, 6.45) is 0.743. The molecule has 0 unspecified atom stereocenters. The third kappa shape index (κ3) is 2.77. The average molecular weight is 295 g/mol. The van der Waals surface area contributed by atoms with Gasteiger partial charge in [-0.1, -0.05) is 55.5 Å². The Bertz CT molecular complexity index is 653. The standard InChI is InChI=1S/C19H21NO2/c1-3-14(2)22-19-17-12-8-7-11-16(17)18(21)20(19)13-15-9-5-4-6-10-15/h4-12,14,19H,3,13H2,1-2H3/t14-,19-/m1/s1. The van der Waals surface area contributed by atoms with Crippen LogP contribution in [0.2, 0.25) is 0 Å². The minimum Gasteiger partial charge on any atom is -0.351 e. The van der Waals surface area contributed by atoms with E-state index >= 15 is 0 Å². The lowest BCUT2D eigenvalue weighted by Crippen LogP contribution is -2.31. The van der Waals surface area contributed by atoms with E-state index in [-0.39, 0.29) is 18.2 Å². The van der Waals surface area contributed by atoms with Gasteiger partial charge in [0.25, 0.3) is 5.91 Å². The molecule has 0 radical (unpaired) electrons. The van der Waals surface area contributed by atoms with Gasteiger partial charge in [-0.25, -0.2) is 0 Å². The number of benzene rings is 2. The zero-order valence-corrected chi connectivity index (χ0v) is 13.0. The fourth-order valence-electron chi connectivity index (χ4n) is 2.73. The summed E-state index contributed by atoms with van der Waals surface area (Å²) in [7, 11) is 0. The summed E-state index contributed by atoms with van der Waals surface area (Å²) in [6, 6.07) is 17.8. The van der Waals surface area contributed by atoms with Gasteiger partial charge in [-0.15, -0.1) is 0 Å². The van der Waals surface area contributed by atoms with Crippen LogP contribution in [0.3, 0.4) is 0 Å². The predicted molar refractivity (Wildman–Crippen MR) is 86.3 cm³/mol. The molecule has 1 heterocycles. The van der Waals surface area contributed by atoms with Crippen LogP contribution in [-0.4, -0.2) is 16.9 Å². The Morgan fingerprint density at radius 3 is 2.50 bits per heavy atom. The number of carbonyl (C=O) groups excluding carboxylic acids is 1. The van der Waals surface area contributed by atoms with Gasteiger partial charge in [0.1, 0.15) is 0 Å². The quantitative estimate of drug-likeness (QED) is 0.829. The van der Waals surface area contributed by atoms with Crippen LogP contribution in [0.25, 0.3) is 0 Å². The van der Waals surface area contributed by atoms with Gasteiger partial charge >= 0.3 is 0 Å². The van der Waals surface area contributed by atoms with Crippen molar-refractivity contribution in [2.24, 2.45) is 0 Å². The van der Waals surface area contributed by atoms with E-state index in [2.05, 4.69) is 6.92 Å². The zero-order chi connectivity index (χ0) is 15.5. The van der Waals surface area contributed by atoms with Crippen molar-refractivity contribution >= 4 is 5.91 Å². The SMILES string of the molecule is CC[C@@H](C)O[C@@H]1c2ccccc2C(=O)N1Cc1ccccc1. The summed E-state index contributed by atoms with van der Waals surface area (Å²) < 4.78 is 6.15. The fourth-order valence-corrected chi connectivity index (χ4v) is 2.73. The van der Waals surface area contributed by atoms with Gasteiger partial charge in [0.2, 0.25) is 0 Å². The van der Waals surface area contributed by atoms with Gasteiger partial charge < -0.3 is 9.64 Å². The highest BCUT2D eigenvalue weighted by molar-refractivity contribution is 5.98. The number of nitrogens with zero attached hydrogens (tertiary/aromatic N) is 1. The summed E-state index contributed by atoms with van der Waals surface area (Å²) in [5.41, 5.74) is 2.84. The molecule has 0 aromatic heterocycles. The van der Waals surface area contributed by atoms with E-state index in [0.29, 0.717) is 6.54 Å². The predicted octanol–water partition coefficient (Wildman–Crippen LogP) is 4.16. The maximum atomic E-state index is 12.7. The van der Waals surface area contributed by atoms with Crippen molar-refractivity contribution in [1.82, 2.24) is 4.90 Å². The van der Waals surface area contributed by atoms with E-state index in [1.165, 1.54) is 0 Å². The molecule has 0 saturated heterocycles. The van der Waals surface area contributed by atoms with Crippen LogP contribution in [0.5, 0.6) is 0 Å². The molecule has 2 aromatic carbocycles.